The molecule has 0 spiro atoms. The number of aromatic nitrogens is 1. The smallest absolute Gasteiger partial charge is 0.255 e. The summed E-state index contributed by atoms with van der Waals surface area (Å²) in [5.41, 5.74) is 2.68. The summed E-state index contributed by atoms with van der Waals surface area (Å²) in [6, 6.07) is 20.4. The molecule has 0 saturated heterocycles. The molecule has 0 aliphatic heterocycles. The van der Waals surface area contributed by atoms with Gasteiger partial charge < -0.3 is 15.6 Å². The van der Waals surface area contributed by atoms with Crippen LogP contribution >= 0.6 is 11.8 Å². The van der Waals surface area contributed by atoms with Crippen molar-refractivity contribution < 1.29 is 14.0 Å². The Hall–Kier alpha value is -3.58. The molecule has 32 heavy (non-hydrogen) atoms. The Morgan fingerprint density at radius 2 is 1.75 bits per heavy atom. The van der Waals surface area contributed by atoms with Gasteiger partial charge in [0, 0.05) is 33.5 Å². The molecular weight excluding hydrogens is 425 g/mol. The minimum Gasteiger partial charge on any atom is -0.361 e. The van der Waals surface area contributed by atoms with Gasteiger partial charge in [-0.05, 0) is 72.5 Å². The summed E-state index contributed by atoms with van der Waals surface area (Å²) >= 11 is 1.44. The van der Waals surface area contributed by atoms with Crippen molar-refractivity contribution >= 4 is 45.9 Å². The van der Waals surface area contributed by atoms with E-state index in [9.17, 15) is 14.0 Å². The zero-order valence-electron chi connectivity index (χ0n) is 17.4. The second-order valence-electron chi connectivity index (χ2n) is 7.27. The van der Waals surface area contributed by atoms with Crippen LogP contribution in [0.25, 0.3) is 10.9 Å². The molecule has 4 aromatic rings. The maximum Gasteiger partial charge on any atom is 0.255 e. The maximum atomic E-state index is 13.1. The van der Waals surface area contributed by atoms with Gasteiger partial charge in [-0.25, -0.2) is 4.39 Å². The lowest BCUT2D eigenvalue weighted by atomic mass is 10.2. The molecule has 5 nitrogen and oxygen atoms in total. The third-order valence-electron chi connectivity index (χ3n) is 4.96. The molecule has 0 fully saturated rings. The van der Waals surface area contributed by atoms with Crippen LogP contribution in [0, 0.1) is 5.82 Å². The van der Waals surface area contributed by atoms with Gasteiger partial charge in [0.05, 0.1) is 5.25 Å². The number of benzene rings is 3. The van der Waals surface area contributed by atoms with Crippen LogP contribution in [0.4, 0.5) is 15.8 Å². The quantitative estimate of drug-likeness (QED) is 0.301. The number of carbonyl (C=O) groups excluding carboxylic acids is 2. The van der Waals surface area contributed by atoms with E-state index < -0.39 is 5.82 Å². The number of halogens is 1. The number of hydrogen-bond donors (Lipinski definition) is 3. The Kier molecular flexibility index (Phi) is 6.56. The van der Waals surface area contributed by atoms with Crippen LogP contribution in [0.1, 0.15) is 23.7 Å². The van der Waals surface area contributed by atoms with E-state index in [2.05, 4.69) is 15.6 Å². The molecule has 1 heterocycles. The predicted octanol–water partition coefficient (Wildman–Crippen LogP) is 6.07. The van der Waals surface area contributed by atoms with Crippen LogP contribution in [0.5, 0.6) is 0 Å². The van der Waals surface area contributed by atoms with Crippen molar-refractivity contribution in [2.75, 3.05) is 10.6 Å². The SMILES string of the molecule is CCC(Sc1cccc(NC(=O)c2ccc(F)cc2)c1)C(=O)Nc1ccc2cc[nH]c2c1. The van der Waals surface area contributed by atoms with Crippen molar-refractivity contribution in [1.82, 2.24) is 4.98 Å². The second kappa shape index (κ2) is 9.70. The van der Waals surface area contributed by atoms with E-state index in [0.717, 1.165) is 21.5 Å². The first kappa shape index (κ1) is 21.6. The molecule has 0 radical (unpaired) electrons. The lowest BCUT2D eigenvalue weighted by molar-refractivity contribution is -0.115. The van der Waals surface area contributed by atoms with E-state index in [0.29, 0.717) is 17.7 Å². The number of rotatable bonds is 7. The minimum absolute atomic E-state index is 0.0795. The number of nitrogens with one attached hydrogen (secondary N) is 3. The normalized spacial score (nSPS) is 11.8. The number of anilines is 2. The van der Waals surface area contributed by atoms with E-state index in [4.69, 9.17) is 0 Å². The highest BCUT2D eigenvalue weighted by Gasteiger charge is 2.19. The summed E-state index contributed by atoms with van der Waals surface area (Å²) in [6.07, 6.45) is 2.51. The molecule has 3 N–H and O–H groups in total. The van der Waals surface area contributed by atoms with Crippen molar-refractivity contribution in [3.8, 4) is 0 Å². The van der Waals surface area contributed by atoms with Crippen molar-refractivity contribution in [2.24, 2.45) is 0 Å². The van der Waals surface area contributed by atoms with Gasteiger partial charge in [0.15, 0.2) is 0 Å². The highest BCUT2D eigenvalue weighted by atomic mass is 32.2. The largest absolute Gasteiger partial charge is 0.361 e. The fourth-order valence-corrected chi connectivity index (χ4v) is 4.30. The Morgan fingerprint density at radius 1 is 0.969 bits per heavy atom. The fourth-order valence-electron chi connectivity index (χ4n) is 3.29. The summed E-state index contributed by atoms with van der Waals surface area (Å²) in [7, 11) is 0. The standard InChI is InChI=1S/C25H22FN3O2S/c1-2-23(25(31)29-20-11-8-16-12-13-27-22(16)15-20)32-21-5-3-4-19(14-21)28-24(30)17-6-9-18(26)10-7-17/h3-15,23,27H,2H2,1H3,(H,28,30)(H,29,31). The van der Waals surface area contributed by atoms with E-state index in [-0.39, 0.29) is 17.1 Å². The highest BCUT2D eigenvalue weighted by Crippen LogP contribution is 2.29. The topological polar surface area (TPSA) is 74.0 Å². The van der Waals surface area contributed by atoms with E-state index in [1.54, 1.807) is 6.07 Å². The Balaban J connectivity index is 1.41. The molecule has 3 aromatic carbocycles. The molecule has 1 unspecified atom stereocenters. The Bertz CT molecular complexity index is 1250. The molecule has 0 bridgehead atoms. The molecule has 4 rings (SSSR count). The molecule has 162 valence electrons. The summed E-state index contributed by atoms with van der Waals surface area (Å²) in [5.74, 6) is -0.794. The van der Waals surface area contributed by atoms with Gasteiger partial charge in [-0.1, -0.05) is 19.1 Å². The molecule has 2 amide bonds. The van der Waals surface area contributed by atoms with Gasteiger partial charge in [-0.3, -0.25) is 9.59 Å². The molecular formula is C25H22FN3O2S. The predicted molar refractivity (Wildman–Crippen MR) is 128 cm³/mol. The van der Waals surface area contributed by atoms with Crippen molar-refractivity contribution in [2.45, 2.75) is 23.5 Å². The third-order valence-corrected chi connectivity index (χ3v) is 6.32. The molecule has 1 atom stereocenters. The average Bonchev–Trinajstić information content (AvgIpc) is 3.26. The number of aromatic amines is 1. The first-order valence-electron chi connectivity index (χ1n) is 10.2. The van der Waals surface area contributed by atoms with Crippen LogP contribution in [0.15, 0.2) is 83.9 Å². The Labute approximate surface area is 189 Å². The lowest BCUT2D eigenvalue weighted by Gasteiger charge is -2.15. The van der Waals surface area contributed by atoms with Crippen molar-refractivity contribution in [1.29, 1.82) is 0 Å². The van der Waals surface area contributed by atoms with Gasteiger partial charge in [-0.2, -0.15) is 0 Å². The number of amides is 2. The van der Waals surface area contributed by atoms with Crippen molar-refractivity contribution in [3.05, 3.63) is 90.4 Å². The number of hydrogen-bond acceptors (Lipinski definition) is 3. The minimum atomic E-state index is -0.392. The summed E-state index contributed by atoms with van der Waals surface area (Å²) in [4.78, 5) is 29.3. The van der Waals surface area contributed by atoms with Gasteiger partial charge in [0.25, 0.3) is 5.91 Å². The zero-order chi connectivity index (χ0) is 22.5. The maximum absolute atomic E-state index is 13.1. The fraction of sp³-hybridized carbons (Fsp3) is 0.120. The number of thioether (sulfide) groups is 1. The van der Waals surface area contributed by atoms with Crippen LogP contribution in [-0.4, -0.2) is 22.0 Å². The van der Waals surface area contributed by atoms with Crippen LogP contribution in [0.3, 0.4) is 0 Å². The molecule has 0 saturated carbocycles. The first-order chi connectivity index (χ1) is 15.5. The van der Waals surface area contributed by atoms with Gasteiger partial charge in [0.1, 0.15) is 5.82 Å². The van der Waals surface area contributed by atoms with Crippen LogP contribution < -0.4 is 10.6 Å². The van der Waals surface area contributed by atoms with Gasteiger partial charge >= 0.3 is 0 Å². The number of carbonyl (C=O) groups is 2. The third kappa shape index (κ3) is 5.18. The summed E-state index contributed by atoms with van der Waals surface area (Å²) in [6.45, 7) is 1.96. The number of H-pyrrole nitrogens is 1. The van der Waals surface area contributed by atoms with Gasteiger partial charge in [0.2, 0.25) is 5.91 Å². The molecule has 0 aliphatic carbocycles. The average molecular weight is 448 g/mol. The van der Waals surface area contributed by atoms with Gasteiger partial charge in [-0.15, -0.1) is 11.8 Å². The van der Waals surface area contributed by atoms with E-state index in [1.807, 2.05) is 55.6 Å². The second-order valence-corrected chi connectivity index (χ2v) is 8.55. The Morgan fingerprint density at radius 3 is 2.53 bits per heavy atom. The monoisotopic (exact) mass is 447 g/mol. The van der Waals surface area contributed by atoms with E-state index >= 15 is 0 Å². The van der Waals surface area contributed by atoms with E-state index in [1.165, 1.54) is 36.0 Å². The zero-order valence-corrected chi connectivity index (χ0v) is 18.2. The van der Waals surface area contributed by atoms with Crippen LogP contribution in [-0.2, 0) is 4.79 Å². The van der Waals surface area contributed by atoms with Crippen molar-refractivity contribution in [3.63, 3.8) is 0 Å². The molecule has 1 aromatic heterocycles. The van der Waals surface area contributed by atoms with Crippen LogP contribution in [0.2, 0.25) is 0 Å². The summed E-state index contributed by atoms with van der Waals surface area (Å²) in [5, 5.41) is 6.59. The summed E-state index contributed by atoms with van der Waals surface area (Å²) < 4.78 is 13.1. The molecule has 7 heteroatoms. The molecule has 0 aliphatic rings. The first-order valence-corrected chi connectivity index (χ1v) is 11.1. The number of fused-ring (bicyclic) bond motifs is 1. The highest BCUT2D eigenvalue weighted by molar-refractivity contribution is 8.00. The lowest BCUT2D eigenvalue weighted by Crippen LogP contribution is -2.24.